The van der Waals surface area contributed by atoms with Gasteiger partial charge in [0.05, 0.1) is 18.0 Å². The molecule has 2 rings (SSSR count). The number of Topliss-reactive ketones (excluding diaryl/α,β-unsaturated/α-hetero) is 1. The van der Waals surface area contributed by atoms with Crippen LogP contribution in [0, 0.1) is 19.8 Å². The molecule has 2 aromatic heterocycles. The van der Waals surface area contributed by atoms with Crippen LogP contribution in [0.5, 0.6) is 0 Å². The van der Waals surface area contributed by atoms with Crippen LogP contribution in [0.2, 0.25) is 0 Å². The summed E-state index contributed by atoms with van der Waals surface area (Å²) in [4.78, 5) is 40.8. The van der Waals surface area contributed by atoms with Crippen LogP contribution >= 0.6 is 11.3 Å². The molecule has 28 heavy (non-hydrogen) atoms. The van der Waals surface area contributed by atoms with E-state index in [9.17, 15) is 14.4 Å². The van der Waals surface area contributed by atoms with E-state index in [1.807, 2.05) is 25.3 Å². The third kappa shape index (κ3) is 4.04. The summed E-state index contributed by atoms with van der Waals surface area (Å²) in [7, 11) is 3.05. The van der Waals surface area contributed by atoms with Crippen molar-refractivity contribution in [3.8, 4) is 0 Å². The summed E-state index contributed by atoms with van der Waals surface area (Å²) >= 11 is 1.36. The van der Waals surface area contributed by atoms with Gasteiger partial charge in [-0.1, -0.05) is 19.9 Å². The van der Waals surface area contributed by atoms with Crippen molar-refractivity contribution < 1.29 is 19.1 Å². The molecule has 2 aromatic rings. The molecule has 0 fully saturated rings. The van der Waals surface area contributed by atoms with Crippen LogP contribution in [0.1, 0.15) is 62.5 Å². The first-order valence-electron chi connectivity index (χ1n) is 9.24. The quantitative estimate of drug-likeness (QED) is 0.519. The van der Waals surface area contributed by atoms with E-state index in [-0.39, 0.29) is 17.6 Å². The second-order valence-electron chi connectivity index (χ2n) is 7.35. The SMILES string of the molecule is COC(=O)c1c(C)c(C(=O)C(C)N(CC(C)C)C(=O)c2cccs2)c(C)n1C. The van der Waals surface area contributed by atoms with Crippen molar-refractivity contribution in [2.24, 2.45) is 13.0 Å². The van der Waals surface area contributed by atoms with Crippen LogP contribution in [0.15, 0.2) is 17.5 Å². The van der Waals surface area contributed by atoms with Gasteiger partial charge < -0.3 is 14.2 Å². The van der Waals surface area contributed by atoms with Crippen molar-refractivity contribution in [3.05, 3.63) is 44.9 Å². The van der Waals surface area contributed by atoms with Crippen LogP contribution in [0.4, 0.5) is 0 Å². The average molecular weight is 405 g/mol. The Hall–Kier alpha value is -2.41. The van der Waals surface area contributed by atoms with Gasteiger partial charge in [0.2, 0.25) is 0 Å². The second-order valence-corrected chi connectivity index (χ2v) is 8.30. The summed E-state index contributed by atoms with van der Waals surface area (Å²) in [5.74, 6) is -0.596. The smallest absolute Gasteiger partial charge is 0.354 e. The monoisotopic (exact) mass is 404 g/mol. The minimum atomic E-state index is -0.651. The number of ketones is 1. The predicted octanol–water partition coefficient (Wildman–Crippen LogP) is 3.86. The molecule has 6 nitrogen and oxygen atoms in total. The lowest BCUT2D eigenvalue weighted by atomic mass is 9.99. The van der Waals surface area contributed by atoms with E-state index in [1.165, 1.54) is 18.4 Å². The highest BCUT2D eigenvalue weighted by Gasteiger charge is 2.33. The summed E-state index contributed by atoms with van der Waals surface area (Å²) in [6, 6.07) is 2.94. The minimum absolute atomic E-state index is 0.149. The Labute approximate surface area is 170 Å². The number of hydrogen-bond acceptors (Lipinski definition) is 5. The zero-order chi connectivity index (χ0) is 21.2. The molecule has 0 saturated carbocycles. The molecule has 0 saturated heterocycles. The zero-order valence-corrected chi connectivity index (χ0v) is 18.3. The molecule has 0 aliphatic rings. The lowest BCUT2D eigenvalue weighted by Gasteiger charge is -2.30. The first kappa shape index (κ1) is 21.9. The summed E-state index contributed by atoms with van der Waals surface area (Å²) in [5.41, 5.74) is 2.10. The van der Waals surface area contributed by atoms with Crippen LogP contribution in [-0.4, -0.2) is 46.8 Å². The molecule has 0 aliphatic heterocycles. The Bertz CT molecular complexity index is 881. The molecule has 1 atom stereocenters. The number of carbonyl (C=O) groups is 3. The first-order chi connectivity index (χ1) is 13.1. The van der Waals surface area contributed by atoms with E-state index in [4.69, 9.17) is 4.74 Å². The number of nitrogens with zero attached hydrogens (tertiary/aromatic N) is 2. The molecule has 1 unspecified atom stereocenters. The van der Waals surface area contributed by atoms with Crippen molar-refractivity contribution >= 4 is 29.0 Å². The molecule has 1 amide bonds. The van der Waals surface area contributed by atoms with Crippen molar-refractivity contribution in [1.29, 1.82) is 0 Å². The molecule has 0 bridgehead atoms. The molecule has 0 aromatic carbocycles. The zero-order valence-electron chi connectivity index (χ0n) is 17.5. The maximum atomic E-state index is 13.4. The molecular weight excluding hydrogens is 376 g/mol. The largest absolute Gasteiger partial charge is 0.464 e. The third-order valence-corrected chi connectivity index (χ3v) is 5.82. The third-order valence-electron chi connectivity index (χ3n) is 4.96. The van der Waals surface area contributed by atoms with Gasteiger partial charge in [-0.15, -0.1) is 11.3 Å². The number of hydrogen-bond donors (Lipinski definition) is 0. The summed E-state index contributed by atoms with van der Waals surface area (Å²) < 4.78 is 6.54. The topological polar surface area (TPSA) is 68.6 Å². The number of methoxy groups -OCH3 is 1. The number of aromatic nitrogens is 1. The Kier molecular flexibility index (Phi) is 6.82. The Morgan fingerprint density at radius 2 is 1.86 bits per heavy atom. The van der Waals surface area contributed by atoms with Crippen LogP contribution < -0.4 is 0 Å². The molecule has 0 spiro atoms. The highest BCUT2D eigenvalue weighted by molar-refractivity contribution is 7.12. The fraction of sp³-hybridized carbons (Fsp3) is 0.476. The number of carbonyl (C=O) groups excluding carboxylic acids is 3. The van der Waals surface area contributed by atoms with E-state index in [0.717, 1.165) is 0 Å². The van der Waals surface area contributed by atoms with Gasteiger partial charge in [-0.05, 0) is 43.7 Å². The van der Waals surface area contributed by atoms with Crippen molar-refractivity contribution in [2.75, 3.05) is 13.7 Å². The molecule has 7 heteroatoms. The Morgan fingerprint density at radius 1 is 1.21 bits per heavy atom. The number of esters is 1. The number of rotatable bonds is 7. The maximum Gasteiger partial charge on any atom is 0.354 e. The highest BCUT2D eigenvalue weighted by Crippen LogP contribution is 2.26. The van der Waals surface area contributed by atoms with Crippen molar-refractivity contribution in [3.63, 3.8) is 0 Å². The van der Waals surface area contributed by atoms with Crippen LogP contribution in [0.25, 0.3) is 0 Å². The minimum Gasteiger partial charge on any atom is -0.464 e. The fourth-order valence-corrected chi connectivity index (χ4v) is 4.11. The van der Waals surface area contributed by atoms with Gasteiger partial charge in [0.15, 0.2) is 5.78 Å². The predicted molar refractivity (Wildman–Crippen MR) is 110 cm³/mol. The van der Waals surface area contributed by atoms with Gasteiger partial charge in [0, 0.05) is 24.8 Å². The Balaban J connectivity index is 2.46. The maximum absolute atomic E-state index is 13.4. The second kappa shape index (κ2) is 8.73. The summed E-state index contributed by atoms with van der Waals surface area (Å²) in [5, 5.41) is 1.85. The van der Waals surface area contributed by atoms with Gasteiger partial charge in [-0.2, -0.15) is 0 Å². The molecule has 152 valence electrons. The van der Waals surface area contributed by atoms with E-state index >= 15 is 0 Å². The van der Waals surface area contributed by atoms with Crippen molar-refractivity contribution in [1.82, 2.24) is 9.47 Å². The highest BCUT2D eigenvalue weighted by atomic mass is 32.1. The van der Waals surface area contributed by atoms with Gasteiger partial charge in [-0.3, -0.25) is 9.59 Å². The van der Waals surface area contributed by atoms with Gasteiger partial charge in [0.1, 0.15) is 5.69 Å². The van der Waals surface area contributed by atoms with Crippen LogP contribution in [-0.2, 0) is 11.8 Å². The lowest BCUT2D eigenvalue weighted by molar-refractivity contribution is 0.0587. The molecule has 2 heterocycles. The van der Waals surface area contributed by atoms with E-state index in [1.54, 1.807) is 43.4 Å². The Morgan fingerprint density at radius 3 is 2.36 bits per heavy atom. The van der Waals surface area contributed by atoms with Crippen LogP contribution in [0.3, 0.4) is 0 Å². The summed E-state index contributed by atoms with van der Waals surface area (Å²) in [6.07, 6.45) is 0. The lowest BCUT2D eigenvalue weighted by Crippen LogP contribution is -2.45. The standard InChI is InChI=1S/C21H28N2O4S/c1-12(2)11-23(20(25)16-9-8-10-28-16)15(5)19(24)17-13(3)18(21(26)27-7)22(6)14(17)4/h8-10,12,15H,11H2,1-7H3. The first-order valence-corrected chi connectivity index (χ1v) is 10.1. The number of ether oxygens (including phenoxy) is 1. The molecule has 0 aliphatic carbocycles. The van der Waals surface area contributed by atoms with E-state index < -0.39 is 12.0 Å². The molecular formula is C21H28N2O4S. The van der Waals surface area contributed by atoms with Gasteiger partial charge in [-0.25, -0.2) is 4.79 Å². The summed E-state index contributed by atoms with van der Waals surface area (Å²) in [6.45, 7) is 9.79. The number of amides is 1. The normalized spacial score (nSPS) is 12.1. The average Bonchev–Trinajstić information content (AvgIpc) is 3.25. The van der Waals surface area contributed by atoms with E-state index in [2.05, 4.69) is 0 Å². The van der Waals surface area contributed by atoms with Gasteiger partial charge >= 0.3 is 5.97 Å². The van der Waals surface area contributed by atoms with Gasteiger partial charge in [0.25, 0.3) is 5.91 Å². The molecule has 0 radical (unpaired) electrons. The fourth-order valence-electron chi connectivity index (χ4n) is 3.43. The van der Waals surface area contributed by atoms with Crippen molar-refractivity contribution in [2.45, 2.75) is 40.7 Å². The number of thiophene rings is 1. The van der Waals surface area contributed by atoms with E-state index in [0.29, 0.717) is 33.9 Å². The molecule has 0 N–H and O–H groups in total.